The lowest BCUT2D eigenvalue weighted by molar-refractivity contribution is 0.366. The van der Waals surface area contributed by atoms with Crippen LogP contribution >= 0.6 is 7.60 Å². The molecule has 0 bridgehead atoms. The van der Waals surface area contributed by atoms with Crippen molar-refractivity contribution >= 4 is 25.8 Å². The maximum absolute atomic E-state index is 10.8. The molecule has 0 fully saturated rings. The first-order chi connectivity index (χ1) is 5.84. The molecule has 0 aliphatic heterocycles. The molecule has 0 aromatic heterocycles. The number of hydrogen-bond donors (Lipinski definition) is 3. The van der Waals surface area contributed by atoms with E-state index in [1.807, 2.05) is 0 Å². The summed E-state index contributed by atoms with van der Waals surface area (Å²) in [6.45, 7) is 5.29. The summed E-state index contributed by atoms with van der Waals surface area (Å²) < 4.78 is 41.0. The minimum Gasteiger partial charge on any atom is -0.323 e. The number of rotatable bonds is 4. The van der Waals surface area contributed by atoms with Crippen LogP contribution in [0, 0.1) is 0 Å². The Morgan fingerprint density at radius 3 is 1.71 bits per heavy atom. The van der Waals surface area contributed by atoms with Crippen LogP contribution in [-0.2, 0) is 14.7 Å². The van der Waals surface area contributed by atoms with Gasteiger partial charge in [-0.25, -0.2) is 0 Å². The second-order valence-electron chi connectivity index (χ2n) is 4.32. The molecule has 0 radical (unpaired) electrons. The molecule has 9 heteroatoms. The highest BCUT2D eigenvalue weighted by atomic mass is 32.2. The van der Waals surface area contributed by atoms with E-state index in [4.69, 9.17) is 14.3 Å². The first-order valence-electron chi connectivity index (χ1n) is 3.85. The highest BCUT2D eigenvalue weighted by Gasteiger charge is 2.42. The van der Waals surface area contributed by atoms with Crippen LogP contribution < -0.4 is 0 Å². The van der Waals surface area contributed by atoms with Crippen molar-refractivity contribution in [3.05, 3.63) is 0 Å². The van der Waals surface area contributed by atoms with E-state index in [0.717, 1.165) is 0 Å². The Morgan fingerprint density at radius 1 is 1.29 bits per heavy atom. The molecule has 0 saturated heterocycles. The van der Waals surface area contributed by atoms with Gasteiger partial charge in [0.15, 0.2) is 4.99 Å². The molecule has 0 rings (SSSR count). The predicted molar refractivity (Wildman–Crippen MR) is 55.5 cm³/mol. The van der Waals surface area contributed by atoms with E-state index < -0.39 is 30.8 Å². The summed E-state index contributed by atoms with van der Waals surface area (Å²) in [6.07, 6.45) is 0. The van der Waals surface area contributed by atoms with E-state index in [0.29, 0.717) is 0 Å². The predicted octanol–water partition coefficient (Wildman–Crippen LogP) is 0.716. The van der Waals surface area contributed by atoms with E-state index in [2.05, 4.69) is 0 Å². The summed E-state index contributed by atoms with van der Waals surface area (Å²) >= 11 is 0. The van der Waals surface area contributed by atoms with Crippen LogP contribution in [0.3, 0.4) is 0 Å². The molecule has 0 aliphatic carbocycles. The molecular weight excluding hydrogens is 247 g/mol. The summed E-state index contributed by atoms with van der Waals surface area (Å²) in [5.74, 6) is 0. The van der Waals surface area contributed by atoms with Crippen LogP contribution in [0.15, 0.2) is 0 Å². The Hall–Kier alpha value is 0.277. The van der Waals surface area contributed by atoms with Crippen molar-refractivity contribution in [1.29, 1.82) is 0 Å². The zero-order valence-electron chi connectivity index (χ0n) is 8.21. The molecule has 1 unspecified atom stereocenters. The fraction of sp³-hybridized carbons (Fsp3) is 1.00. The van der Waals surface area contributed by atoms with Crippen LogP contribution in [0.5, 0.6) is 0 Å². The van der Waals surface area contributed by atoms with Gasteiger partial charge in [-0.2, -0.15) is 8.42 Å². The molecule has 0 amide bonds. The van der Waals surface area contributed by atoms with Gasteiger partial charge in [0.2, 0.25) is 0 Å². The highest BCUT2D eigenvalue weighted by Crippen LogP contribution is 2.47. The molecule has 0 aromatic carbocycles. The molecule has 6 nitrogen and oxygen atoms in total. The standard InChI is InChI=1S/C5H15O6PSSi/c1-14(2,3)4-5(12(6,7)8)13(9,10)11/h5H,4H2,1-3H3,(H2,6,7,8)(H,9,10,11). The van der Waals surface area contributed by atoms with Crippen molar-refractivity contribution < 1.29 is 27.3 Å². The van der Waals surface area contributed by atoms with E-state index >= 15 is 0 Å². The Balaban J connectivity index is 5.08. The second-order valence-corrected chi connectivity index (χ2v) is 13.6. The Bertz CT molecular complexity index is 338. The molecular formula is C5H15O6PSSi. The lowest BCUT2D eigenvalue weighted by Gasteiger charge is -2.22. The zero-order valence-corrected chi connectivity index (χ0v) is 10.9. The van der Waals surface area contributed by atoms with Crippen molar-refractivity contribution in [2.75, 3.05) is 0 Å². The van der Waals surface area contributed by atoms with Crippen LogP contribution in [0.4, 0.5) is 0 Å². The maximum atomic E-state index is 10.8. The quantitative estimate of drug-likeness (QED) is 0.391. The van der Waals surface area contributed by atoms with Gasteiger partial charge in [0, 0.05) is 8.07 Å². The molecule has 0 aromatic rings. The van der Waals surface area contributed by atoms with Gasteiger partial charge in [0.05, 0.1) is 0 Å². The molecule has 14 heavy (non-hydrogen) atoms. The zero-order chi connectivity index (χ0) is 11.8. The van der Waals surface area contributed by atoms with Gasteiger partial charge in [0.1, 0.15) is 0 Å². The van der Waals surface area contributed by atoms with Gasteiger partial charge in [-0.1, -0.05) is 19.6 Å². The fourth-order valence-electron chi connectivity index (χ4n) is 0.922. The van der Waals surface area contributed by atoms with E-state index in [1.165, 1.54) is 0 Å². The van der Waals surface area contributed by atoms with Gasteiger partial charge < -0.3 is 9.79 Å². The van der Waals surface area contributed by atoms with Crippen LogP contribution in [0.25, 0.3) is 0 Å². The third-order valence-electron chi connectivity index (χ3n) is 1.51. The minimum absolute atomic E-state index is 0.157. The molecule has 86 valence electrons. The van der Waals surface area contributed by atoms with Crippen LogP contribution in [0.1, 0.15) is 0 Å². The van der Waals surface area contributed by atoms with E-state index in [9.17, 15) is 13.0 Å². The van der Waals surface area contributed by atoms with Crippen molar-refractivity contribution in [2.45, 2.75) is 30.7 Å². The minimum atomic E-state index is -4.80. The van der Waals surface area contributed by atoms with Gasteiger partial charge in [-0.15, -0.1) is 0 Å². The molecule has 0 saturated carbocycles. The Labute approximate surface area is 84.3 Å². The third kappa shape index (κ3) is 5.23. The highest BCUT2D eigenvalue weighted by molar-refractivity contribution is 7.93. The van der Waals surface area contributed by atoms with E-state index in [1.54, 1.807) is 19.6 Å². The second kappa shape index (κ2) is 4.03. The topological polar surface area (TPSA) is 112 Å². The van der Waals surface area contributed by atoms with Crippen molar-refractivity contribution in [1.82, 2.24) is 0 Å². The monoisotopic (exact) mass is 262 g/mol. The van der Waals surface area contributed by atoms with E-state index in [-0.39, 0.29) is 6.04 Å². The fourth-order valence-corrected chi connectivity index (χ4v) is 8.29. The lowest BCUT2D eigenvalue weighted by Crippen LogP contribution is -2.31. The van der Waals surface area contributed by atoms with Gasteiger partial charge in [-0.3, -0.25) is 9.12 Å². The number of hydrogen-bond acceptors (Lipinski definition) is 3. The summed E-state index contributed by atoms with van der Waals surface area (Å²) in [5.41, 5.74) is 0. The Morgan fingerprint density at radius 2 is 1.64 bits per heavy atom. The first-order valence-corrected chi connectivity index (χ1v) is 10.7. The van der Waals surface area contributed by atoms with Gasteiger partial charge in [-0.05, 0) is 6.04 Å². The molecule has 0 spiro atoms. The molecule has 0 heterocycles. The van der Waals surface area contributed by atoms with Gasteiger partial charge >= 0.3 is 7.60 Å². The molecule has 3 N–H and O–H groups in total. The first kappa shape index (κ1) is 14.3. The Kier molecular flexibility index (Phi) is 4.11. The average molecular weight is 262 g/mol. The summed E-state index contributed by atoms with van der Waals surface area (Å²) in [6, 6.07) is -0.157. The summed E-state index contributed by atoms with van der Waals surface area (Å²) in [5, 5.41) is 0. The lowest BCUT2D eigenvalue weighted by atomic mass is 10.9. The van der Waals surface area contributed by atoms with Crippen molar-refractivity contribution in [2.24, 2.45) is 0 Å². The normalized spacial score (nSPS) is 16.7. The smallest absolute Gasteiger partial charge is 0.323 e. The molecule has 1 atom stereocenters. The van der Waals surface area contributed by atoms with Gasteiger partial charge in [0.25, 0.3) is 10.1 Å². The average Bonchev–Trinajstić information content (AvgIpc) is 1.75. The van der Waals surface area contributed by atoms with Crippen molar-refractivity contribution in [3.63, 3.8) is 0 Å². The van der Waals surface area contributed by atoms with Crippen molar-refractivity contribution in [3.8, 4) is 0 Å². The van der Waals surface area contributed by atoms with Crippen LogP contribution in [0.2, 0.25) is 25.7 Å². The SMILES string of the molecule is C[Si](C)(C)CC(P(=O)(O)O)S(=O)(=O)O. The van der Waals surface area contributed by atoms with Crippen LogP contribution in [-0.4, -0.2) is 35.8 Å². The maximum Gasteiger partial charge on any atom is 0.345 e. The summed E-state index contributed by atoms with van der Waals surface area (Å²) in [7, 11) is -11.5. The third-order valence-corrected chi connectivity index (χ3v) is 7.19. The summed E-state index contributed by atoms with van der Waals surface area (Å²) in [4.78, 5) is 15.6. The largest absolute Gasteiger partial charge is 0.345 e. The molecule has 0 aliphatic rings.